The number of hydrogen-bond donors (Lipinski definition) is 1. The number of hydrogen-bond acceptors (Lipinski definition) is 4. The molecule has 4 aromatic rings. The van der Waals surface area contributed by atoms with Crippen LogP contribution in [0.4, 0.5) is 0 Å². The number of phenols is 1. The van der Waals surface area contributed by atoms with Crippen LogP contribution in [0.1, 0.15) is 33.3 Å². The summed E-state index contributed by atoms with van der Waals surface area (Å²) < 4.78 is 6.70. The fraction of sp³-hybridized carbons (Fsp3) is 0.120. The molecule has 0 saturated heterocycles. The van der Waals surface area contributed by atoms with Gasteiger partial charge >= 0.3 is 0 Å². The lowest BCUT2D eigenvalue weighted by Crippen LogP contribution is -2.31. The fourth-order valence-electron chi connectivity index (χ4n) is 4.16. The number of nitrogens with zero attached hydrogens (tertiary/aromatic N) is 1. The van der Waals surface area contributed by atoms with E-state index in [2.05, 4.69) is 15.9 Å². The van der Waals surface area contributed by atoms with Crippen molar-refractivity contribution >= 4 is 32.8 Å². The van der Waals surface area contributed by atoms with Gasteiger partial charge in [0.15, 0.2) is 5.43 Å². The predicted molar refractivity (Wildman–Crippen MR) is 121 cm³/mol. The summed E-state index contributed by atoms with van der Waals surface area (Å²) in [5.41, 5.74) is 2.21. The second kappa shape index (κ2) is 7.71. The summed E-state index contributed by atoms with van der Waals surface area (Å²) in [7, 11) is 0. The van der Waals surface area contributed by atoms with Crippen LogP contribution in [0.15, 0.2) is 86.5 Å². The maximum atomic E-state index is 13.5. The van der Waals surface area contributed by atoms with E-state index in [9.17, 15) is 14.7 Å². The number of amides is 1. The molecular formula is C25H18BrNO4. The number of halogens is 1. The molecule has 3 aromatic carbocycles. The van der Waals surface area contributed by atoms with Crippen molar-refractivity contribution in [1.82, 2.24) is 4.90 Å². The Morgan fingerprint density at radius 2 is 1.77 bits per heavy atom. The molecule has 1 unspecified atom stereocenters. The molecule has 1 aliphatic heterocycles. The van der Waals surface area contributed by atoms with Crippen LogP contribution in [-0.4, -0.2) is 22.5 Å². The molecule has 1 atom stereocenters. The van der Waals surface area contributed by atoms with Gasteiger partial charge in [0.2, 0.25) is 5.76 Å². The summed E-state index contributed by atoms with van der Waals surface area (Å²) in [6.07, 6.45) is 0.634. The van der Waals surface area contributed by atoms with Crippen LogP contribution in [0.5, 0.6) is 5.75 Å². The molecule has 154 valence electrons. The molecule has 0 radical (unpaired) electrons. The van der Waals surface area contributed by atoms with Crippen molar-refractivity contribution in [1.29, 1.82) is 0 Å². The molecule has 0 saturated carbocycles. The lowest BCUT2D eigenvalue weighted by atomic mass is 9.98. The van der Waals surface area contributed by atoms with E-state index in [0.717, 1.165) is 10.0 Å². The monoisotopic (exact) mass is 475 g/mol. The molecular weight excluding hydrogens is 458 g/mol. The summed E-state index contributed by atoms with van der Waals surface area (Å²) in [5.74, 6) is -0.170. The van der Waals surface area contributed by atoms with E-state index in [1.54, 1.807) is 41.3 Å². The minimum Gasteiger partial charge on any atom is -0.508 e. The van der Waals surface area contributed by atoms with Gasteiger partial charge in [-0.3, -0.25) is 9.59 Å². The van der Waals surface area contributed by atoms with Crippen LogP contribution in [0, 0.1) is 0 Å². The van der Waals surface area contributed by atoms with Gasteiger partial charge in [0, 0.05) is 11.0 Å². The average Bonchev–Trinajstić information content (AvgIpc) is 3.05. The first-order chi connectivity index (χ1) is 15.0. The van der Waals surface area contributed by atoms with E-state index in [4.69, 9.17) is 4.42 Å². The second-order valence-electron chi connectivity index (χ2n) is 7.55. The molecule has 1 amide bonds. The van der Waals surface area contributed by atoms with Crippen LogP contribution in [0.2, 0.25) is 0 Å². The average molecular weight is 476 g/mol. The predicted octanol–water partition coefficient (Wildman–Crippen LogP) is 5.05. The zero-order chi connectivity index (χ0) is 21.5. The minimum absolute atomic E-state index is 0.0706. The smallest absolute Gasteiger partial charge is 0.290 e. The molecule has 6 heteroatoms. The Bertz CT molecular complexity index is 1360. The van der Waals surface area contributed by atoms with Crippen LogP contribution in [0.3, 0.4) is 0 Å². The molecule has 5 nitrogen and oxygen atoms in total. The van der Waals surface area contributed by atoms with Gasteiger partial charge in [0.25, 0.3) is 5.91 Å². The third kappa shape index (κ3) is 3.43. The van der Waals surface area contributed by atoms with Crippen LogP contribution in [-0.2, 0) is 6.42 Å². The van der Waals surface area contributed by atoms with Gasteiger partial charge in [0.1, 0.15) is 11.3 Å². The second-order valence-corrected chi connectivity index (χ2v) is 8.46. The Morgan fingerprint density at radius 3 is 2.55 bits per heavy atom. The van der Waals surface area contributed by atoms with Crippen molar-refractivity contribution in [3.05, 3.63) is 110 Å². The van der Waals surface area contributed by atoms with Gasteiger partial charge in [-0.05, 0) is 47.9 Å². The summed E-state index contributed by atoms with van der Waals surface area (Å²) in [6, 6.07) is 21.1. The van der Waals surface area contributed by atoms with E-state index in [1.165, 1.54) is 0 Å². The number of benzene rings is 3. The maximum absolute atomic E-state index is 13.5. The molecule has 0 aliphatic carbocycles. The number of rotatable bonds is 4. The number of fused-ring (bicyclic) bond motifs is 2. The SMILES string of the molecule is O=C1c2oc3ccc(Br)cc3c(=O)c2C(c2cccc(O)c2)N1CCc1ccccc1. The summed E-state index contributed by atoms with van der Waals surface area (Å²) >= 11 is 3.40. The first-order valence-electron chi connectivity index (χ1n) is 9.93. The lowest BCUT2D eigenvalue weighted by Gasteiger charge is -2.25. The topological polar surface area (TPSA) is 70.8 Å². The van der Waals surface area contributed by atoms with Gasteiger partial charge in [-0.1, -0.05) is 58.4 Å². The number of carbonyl (C=O) groups is 1. The summed E-state index contributed by atoms with van der Waals surface area (Å²) in [4.78, 5) is 28.5. The molecule has 1 N–H and O–H groups in total. The molecule has 1 aromatic heterocycles. The van der Waals surface area contributed by atoms with Crippen LogP contribution >= 0.6 is 15.9 Å². The van der Waals surface area contributed by atoms with Crippen molar-refractivity contribution < 1.29 is 14.3 Å². The number of phenolic OH excluding ortho intramolecular Hbond substituents is 1. The number of aromatic hydroxyl groups is 1. The summed E-state index contributed by atoms with van der Waals surface area (Å²) in [6.45, 7) is 0.410. The van der Waals surface area contributed by atoms with Crippen molar-refractivity contribution in [3.8, 4) is 5.75 Å². The zero-order valence-corrected chi connectivity index (χ0v) is 18.0. The van der Waals surface area contributed by atoms with Gasteiger partial charge in [-0.25, -0.2) is 0 Å². The Kier molecular flexibility index (Phi) is 4.87. The van der Waals surface area contributed by atoms with Crippen molar-refractivity contribution in [3.63, 3.8) is 0 Å². The molecule has 0 fully saturated rings. The largest absolute Gasteiger partial charge is 0.508 e. The molecule has 0 spiro atoms. The van der Waals surface area contributed by atoms with Gasteiger partial charge < -0.3 is 14.4 Å². The normalized spacial score (nSPS) is 15.5. The highest BCUT2D eigenvalue weighted by molar-refractivity contribution is 9.10. The van der Waals surface area contributed by atoms with Crippen LogP contribution in [0.25, 0.3) is 11.0 Å². The lowest BCUT2D eigenvalue weighted by molar-refractivity contribution is 0.0730. The Balaban J connectivity index is 1.67. The quantitative estimate of drug-likeness (QED) is 0.448. The Labute approximate surface area is 186 Å². The highest BCUT2D eigenvalue weighted by Crippen LogP contribution is 2.39. The van der Waals surface area contributed by atoms with E-state index >= 15 is 0 Å². The van der Waals surface area contributed by atoms with Crippen LogP contribution < -0.4 is 5.43 Å². The minimum atomic E-state index is -0.627. The maximum Gasteiger partial charge on any atom is 0.290 e. The number of carbonyl (C=O) groups excluding carboxylic acids is 1. The molecule has 0 bridgehead atoms. The van der Waals surface area contributed by atoms with Gasteiger partial charge in [-0.2, -0.15) is 0 Å². The van der Waals surface area contributed by atoms with Gasteiger partial charge in [-0.15, -0.1) is 0 Å². The summed E-state index contributed by atoms with van der Waals surface area (Å²) in [5, 5.41) is 10.5. The van der Waals surface area contributed by atoms with Gasteiger partial charge in [0.05, 0.1) is 17.0 Å². The molecule has 2 heterocycles. The highest BCUT2D eigenvalue weighted by atomic mass is 79.9. The molecule has 1 aliphatic rings. The molecule has 5 rings (SSSR count). The Morgan fingerprint density at radius 1 is 0.968 bits per heavy atom. The third-order valence-corrected chi connectivity index (χ3v) is 6.09. The van der Waals surface area contributed by atoms with Crippen molar-refractivity contribution in [2.45, 2.75) is 12.5 Å². The Hall–Kier alpha value is -3.38. The van der Waals surface area contributed by atoms with E-state index < -0.39 is 6.04 Å². The first kappa shape index (κ1) is 19.6. The van der Waals surface area contributed by atoms with E-state index in [1.807, 2.05) is 36.4 Å². The third-order valence-electron chi connectivity index (χ3n) is 5.60. The van der Waals surface area contributed by atoms with E-state index in [0.29, 0.717) is 35.1 Å². The fourth-order valence-corrected chi connectivity index (χ4v) is 4.52. The standard InChI is InChI=1S/C25H18BrNO4/c26-17-9-10-20-19(14-17)23(29)21-22(16-7-4-8-18(28)13-16)27(25(30)24(21)31-20)12-11-15-5-2-1-3-6-15/h1-10,13-14,22,28H,11-12H2. The molecule has 31 heavy (non-hydrogen) atoms. The van der Waals surface area contributed by atoms with Crippen molar-refractivity contribution in [2.24, 2.45) is 0 Å². The first-order valence-corrected chi connectivity index (χ1v) is 10.7. The van der Waals surface area contributed by atoms with E-state index in [-0.39, 0.29) is 22.8 Å². The zero-order valence-electron chi connectivity index (χ0n) is 16.4. The highest BCUT2D eigenvalue weighted by Gasteiger charge is 2.42. The van der Waals surface area contributed by atoms with Crippen molar-refractivity contribution in [2.75, 3.05) is 6.54 Å².